The first-order valence-corrected chi connectivity index (χ1v) is 11.2. The van der Waals surface area contributed by atoms with Crippen molar-refractivity contribution in [2.45, 2.75) is 27.2 Å². The molecule has 0 saturated carbocycles. The summed E-state index contributed by atoms with van der Waals surface area (Å²) < 4.78 is 0. The van der Waals surface area contributed by atoms with Crippen LogP contribution < -0.4 is 0 Å². The molecule has 0 bridgehead atoms. The average molecular weight is 415 g/mol. The molecular formula is C30H26N2. The summed E-state index contributed by atoms with van der Waals surface area (Å²) >= 11 is 0. The summed E-state index contributed by atoms with van der Waals surface area (Å²) in [6, 6.07) is 22.1. The Balaban J connectivity index is 1.80. The van der Waals surface area contributed by atoms with E-state index in [0.717, 1.165) is 28.2 Å². The molecule has 2 heteroatoms. The maximum absolute atomic E-state index is 4.77. The molecule has 1 aromatic heterocycles. The molecule has 0 aliphatic carbocycles. The molecule has 0 amide bonds. The predicted molar refractivity (Wildman–Crippen MR) is 138 cm³/mol. The first-order chi connectivity index (χ1) is 15.7. The summed E-state index contributed by atoms with van der Waals surface area (Å²) in [7, 11) is 0. The lowest BCUT2D eigenvalue weighted by atomic mass is 9.93. The minimum absolute atomic E-state index is 0.955. The van der Waals surface area contributed by atoms with E-state index in [1.807, 2.05) is 6.92 Å². The van der Waals surface area contributed by atoms with Gasteiger partial charge in [-0.25, -0.2) is 0 Å². The van der Waals surface area contributed by atoms with Crippen molar-refractivity contribution in [3.05, 3.63) is 102 Å². The normalized spacial score (nSPS) is 12.4. The van der Waals surface area contributed by atoms with E-state index in [4.69, 9.17) is 9.97 Å². The van der Waals surface area contributed by atoms with Crippen LogP contribution in [0.5, 0.6) is 0 Å². The molecule has 0 aliphatic rings. The number of aryl methyl sites for hydroxylation is 1. The van der Waals surface area contributed by atoms with Crippen LogP contribution in [0.2, 0.25) is 0 Å². The number of fused-ring (bicyclic) bond motifs is 6. The summed E-state index contributed by atoms with van der Waals surface area (Å²) in [5.74, 6) is 0. The molecule has 1 heterocycles. The van der Waals surface area contributed by atoms with Gasteiger partial charge in [0, 0.05) is 23.2 Å². The molecule has 5 rings (SSSR count). The van der Waals surface area contributed by atoms with E-state index in [-0.39, 0.29) is 0 Å². The summed E-state index contributed by atoms with van der Waals surface area (Å²) in [6.07, 6.45) is 10.9. The molecule has 0 unspecified atom stereocenters. The maximum Gasteiger partial charge on any atom is 0.0971 e. The van der Waals surface area contributed by atoms with E-state index in [1.54, 1.807) is 12.4 Å². The summed E-state index contributed by atoms with van der Waals surface area (Å²) in [4.78, 5) is 9.53. The second kappa shape index (κ2) is 8.39. The number of aromatic nitrogens is 2. The predicted octanol–water partition coefficient (Wildman–Crippen LogP) is 8.28. The number of rotatable bonds is 4. The molecule has 0 aliphatic heterocycles. The van der Waals surface area contributed by atoms with Gasteiger partial charge in [-0.2, -0.15) is 0 Å². The first kappa shape index (κ1) is 20.1. The fourth-order valence-corrected chi connectivity index (χ4v) is 4.44. The minimum atomic E-state index is 0.955. The monoisotopic (exact) mass is 414 g/mol. The van der Waals surface area contributed by atoms with Crippen molar-refractivity contribution in [3.63, 3.8) is 0 Å². The molecule has 0 fully saturated rings. The molecule has 32 heavy (non-hydrogen) atoms. The Hall–Kier alpha value is -3.78. The highest BCUT2D eigenvalue weighted by molar-refractivity contribution is 6.23. The Morgan fingerprint density at radius 2 is 1.38 bits per heavy atom. The van der Waals surface area contributed by atoms with Crippen LogP contribution in [-0.2, 0) is 0 Å². The fraction of sp³-hybridized carbons (Fsp3) is 0.133. The molecule has 0 spiro atoms. The van der Waals surface area contributed by atoms with Crippen molar-refractivity contribution in [2.24, 2.45) is 0 Å². The standard InChI is InChI=1S/C30H26N2/c1-4-6-7-21(5-2)23-12-14-25-26-15-13-24(22-10-8-20(3)9-11-22)19-28(26)30-29(27(25)18-23)31-16-17-32-30/h4,6-19H,5H2,1-3H3. The van der Waals surface area contributed by atoms with Crippen molar-refractivity contribution in [3.8, 4) is 11.1 Å². The van der Waals surface area contributed by atoms with E-state index < -0.39 is 0 Å². The van der Waals surface area contributed by atoms with Gasteiger partial charge in [0.2, 0.25) is 0 Å². The molecule has 2 nitrogen and oxygen atoms in total. The van der Waals surface area contributed by atoms with Gasteiger partial charge in [0.25, 0.3) is 0 Å². The van der Waals surface area contributed by atoms with Gasteiger partial charge in [-0.15, -0.1) is 0 Å². The van der Waals surface area contributed by atoms with Crippen LogP contribution in [-0.4, -0.2) is 9.97 Å². The number of hydrogen-bond donors (Lipinski definition) is 0. The van der Waals surface area contributed by atoms with Gasteiger partial charge < -0.3 is 0 Å². The Morgan fingerprint density at radius 1 is 0.750 bits per heavy atom. The van der Waals surface area contributed by atoms with Gasteiger partial charge in [-0.3, -0.25) is 9.97 Å². The lowest BCUT2D eigenvalue weighted by Gasteiger charge is -2.13. The SMILES string of the molecule is CC=CC=C(CC)c1ccc2c3ccc(-c4ccc(C)cc4)cc3c3nccnc3c2c1. The molecule has 0 atom stereocenters. The van der Waals surface area contributed by atoms with E-state index in [1.165, 1.54) is 38.6 Å². The second-order valence-electron chi connectivity index (χ2n) is 8.21. The van der Waals surface area contributed by atoms with Gasteiger partial charge in [-0.1, -0.05) is 79.2 Å². The lowest BCUT2D eigenvalue weighted by molar-refractivity contribution is 1.24. The first-order valence-electron chi connectivity index (χ1n) is 11.2. The highest BCUT2D eigenvalue weighted by Gasteiger charge is 2.13. The van der Waals surface area contributed by atoms with Crippen LogP contribution in [0.4, 0.5) is 0 Å². The fourth-order valence-electron chi connectivity index (χ4n) is 4.44. The van der Waals surface area contributed by atoms with Crippen molar-refractivity contribution >= 4 is 38.2 Å². The minimum Gasteiger partial charge on any atom is -0.252 e. The van der Waals surface area contributed by atoms with Crippen LogP contribution >= 0.6 is 0 Å². The van der Waals surface area contributed by atoms with Gasteiger partial charge >= 0.3 is 0 Å². The molecule has 5 aromatic rings. The number of hydrogen-bond acceptors (Lipinski definition) is 2. The van der Waals surface area contributed by atoms with Crippen LogP contribution in [0.1, 0.15) is 31.4 Å². The Labute approximate surface area is 189 Å². The lowest BCUT2D eigenvalue weighted by Crippen LogP contribution is -1.91. The number of benzene rings is 4. The quantitative estimate of drug-likeness (QED) is 0.218. The van der Waals surface area contributed by atoms with Gasteiger partial charge in [0.05, 0.1) is 11.0 Å². The molecular weight excluding hydrogens is 388 g/mol. The third-order valence-corrected chi connectivity index (χ3v) is 6.16. The van der Waals surface area contributed by atoms with E-state index in [0.29, 0.717) is 0 Å². The molecule has 0 radical (unpaired) electrons. The van der Waals surface area contributed by atoms with Crippen LogP contribution in [0.25, 0.3) is 49.3 Å². The molecule has 0 N–H and O–H groups in total. The van der Waals surface area contributed by atoms with Crippen molar-refractivity contribution in [1.29, 1.82) is 0 Å². The zero-order chi connectivity index (χ0) is 22.1. The van der Waals surface area contributed by atoms with E-state index in [9.17, 15) is 0 Å². The van der Waals surface area contributed by atoms with Gasteiger partial charge in [-0.05, 0) is 65.4 Å². The second-order valence-corrected chi connectivity index (χ2v) is 8.21. The summed E-state index contributed by atoms with van der Waals surface area (Å²) in [5, 5.41) is 4.73. The number of allylic oxidation sites excluding steroid dienone is 4. The highest BCUT2D eigenvalue weighted by atomic mass is 14.8. The van der Waals surface area contributed by atoms with Gasteiger partial charge in [0.1, 0.15) is 0 Å². The molecule has 4 aromatic carbocycles. The Bertz CT molecular complexity index is 1490. The third kappa shape index (κ3) is 3.48. The zero-order valence-electron chi connectivity index (χ0n) is 18.8. The smallest absolute Gasteiger partial charge is 0.0971 e. The van der Waals surface area contributed by atoms with Crippen molar-refractivity contribution < 1.29 is 0 Å². The summed E-state index contributed by atoms with van der Waals surface area (Å²) in [5.41, 5.74) is 8.14. The van der Waals surface area contributed by atoms with Crippen molar-refractivity contribution in [1.82, 2.24) is 9.97 Å². The molecule has 156 valence electrons. The maximum atomic E-state index is 4.77. The summed E-state index contributed by atoms with van der Waals surface area (Å²) in [6.45, 7) is 6.36. The van der Waals surface area contributed by atoms with E-state index >= 15 is 0 Å². The Morgan fingerprint density at radius 3 is 2.03 bits per heavy atom. The van der Waals surface area contributed by atoms with Gasteiger partial charge in [0.15, 0.2) is 0 Å². The number of nitrogens with zero attached hydrogens (tertiary/aromatic N) is 2. The highest BCUT2D eigenvalue weighted by Crippen LogP contribution is 2.37. The van der Waals surface area contributed by atoms with Crippen LogP contribution in [0.3, 0.4) is 0 Å². The topological polar surface area (TPSA) is 25.8 Å². The van der Waals surface area contributed by atoms with Crippen LogP contribution in [0.15, 0.2) is 91.3 Å². The van der Waals surface area contributed by atoms with Crippen molar-refractivity contribution in [2.75, 3.05) is 0 Å². The van der Waals surface area contributed by atoms with Crippen LogP contribution in [0, 0.1) is 6.92 Å². The van der Waals surface area contributed by atoms with E-state index in [2.05, 4.69) is 92.7 Å². The zero-order valence-corrected chi connectivity index (χ0v) is 18.8. The molecule has 0 saturated heterocycles. The third-order valence-electron chi connectivity index (χ3n) is 6.16. The largest absolute Gasteiger partial charge is 0.252 e. The average Bonchev–Trinajstić information content (AvgIpc) is 2.85. The Kier molecular flexibility index (Phi) is 5.28.